The molecular formula is C24H34N2O. The van der Waals surface area contributed by atoms with E-state index in [1.807, 2.05) is 0 Å². The van der Waals surface area contributed by atoms with Crippen molar-refractivity contribution >= 4 is 0 Å². The van der Waals surface area contributed by atoms with E-state index in [0.717, 1.165) is 23.2 Å². The third-order valence-corrected chi connectivity index (χ3v) is 6.10. The molecule has 0 saturated heterocycles. The molecule has 146 valence electrons. The van der Waals surface area contributed by atoms with E-state index in [0.29, 0.717) is 5.75 Å². The Hall–Kier alpha value is -1.90. The van der Waals surface area contributed by atoms with Crippen molar-refractivity contribution in [3.05, 3.63) is 42.2 Å². The van der Waals surface area contributed by atoms with Crippen LogP contribution in [0, 0.1) is 11.8 Å². The van der Waals surface area contributed by atoms with Gasteiger partial charge in [-0.25, -0.2) is 9.97 Å². The molecule has 2 aromatic rings. The Morgan fingerprint density at radius 1 is 0.889 bits per heavy atom. The van der Waals surface area contributed by atoms with Gasteiger partial charge in [0.1, 0.15) is 0 Å². The molecule has 27 heavy (non-hydrogen) atoms. The number of ether oxygens (including phenoxy) is 1. The van der Waals surface area contributed by atoms with Crippen molar-refractivity contribution < 1.29 is 4.74 Å². The molecule has 1 saturated carbocycles. The van der Waals surface area contributed by atoms with E-state index in [4.69, 9.17) is 4.74 Å². The van der Waals surface area contributed by atoms with E-state index in [-0.39, 0.29) is 0 Å². The molecule has 0 bridgehead atoms. The highest BCUT2D eigenvalue weighted by molar-refractivity contribution is 5.55. The summed E-state index contributed by atoms with van der Waals surface area (Å²) < 4.78 is 5.12. The number of unbranched alkanes of at least 4 members (excludes halogenated alkanes) is 2. The highest BCUT2D eigenvalue weighted by Crippen LogP contribution is 2.34. The van der Waals surface area contributed by atoms with Crippen molar-refractivity contribution in [1.29, 1.82) is 0 Å². The Bertz CT molecular complexity index is 658. The minimum absolute atomic E-state index is 0.690. The second kappa shape index (κ2) is 10.4. The Balaban J connectivity index is 1.42. The predicted molar refractivity (Wildman–Crippen MR) is 112 cm³/mol. The number of hydrogen-bond donors (Lipinski definition) is 0. The van der Waals surface area contributed by atoms with Crippen LogP contribution in [0.3, 0.4) is 0 Å². The zero-order valence-electron chi connectivity index (χ0n) is 17.0. The van der Waals surface area contributed by atoms with Gasteiger partial charge in [0.2, 0.25) is 0 Å². The molecule has 3 rings (SSSR count). The average molecular weight is 367 g/mol. The standard InChI is InChI=1S/C24H34N2O/c1-3-4-5-6-19-7-9-20(10-8-19)11-12-21-13-15-22(16-14-21)24-25-17-23(27-2)18-26-24/h13-20H,3-12H2,1-2H3. The van der Waals surface area contributed by atoms with Crippen LogP contribution in [0.5, 0.6) is 5.75 Å². The number of aryl methyl sites for hydroxylation is 1. The van der Waals surface area contributed by atoms with Crippen molar-refractivity contribution in [1.82, 2.24) is 9.97 Å². The molecule has 1 aromatic heterocycles. The third-order valence-electron chi connectivity index (χ3n) is 6.10. The van der Waals surface area contributed by atoms with E-state index in [1.165, 1.54) is 69.8 Å². The Kier molecular flexibility index (Phi) is 7.67. The number of benzene rings is 1. The van der Waals surface area contributed by atoms with Crippen LogP contribution in [0.1, 0.15) is 70.3 Å². The van der Waals surface area contributed by atoms with Gasteiger partial charge in [-0.15, -0.1) is 0 Å². The van der Waals surface area contributed by atoms with Crippen LogP contribution in [0.2, 0.25) is 0 Å². The van der Waals surface area contributed by atoms with Gasteiger partial charge in [-0.05, 0) is 30.2 Å². The summed E-state index contributed by atoms with van der Waals surface area (Å²) in [5.74, 6) is 3.38. The number of nitrogens with zero attached hydrogens (tertiary/aromatic N) is 2. The number of methoxy groups -OCH3 is 1. The molecule has 0 spiro atoms. The molecule has 0 amide bonds. The molecule has 0 atom stereocenters. The highest BCUT2D eigenvalue weighted by Gasteiger charge is 2.20. The van der Waals surface area contributed by atoms with Gasteiger partial charge in [0.15, 0.2) is 11.6 Å². The fraction of sp³-hybridized carbons (Fsp3) is 0.583. The zero-order chi connectivity index (χ0) is 18.9. The smallest absolute Gasteiger partial charge is 0.159 e. The normalized spacial score (nSPS) is 19.8. The van der Waals surface area contributed by atoms with Crippen LogP contribution in [-0.2, 0) is 6.42 Å². The van der Waals surface area contributed by atoms with E-state index in [2.05, 4.69) is 41.2 Å². The first-order valence-corrected chi connectivity index (χ1v) is 10.7. The first kappa shape index (κ1) is 19.9. The maximum atomic E-state index is 5.12. The lowest BCUT2D eigenvalue weighted by atomic mass is 9.78. The minimum atomic E-state index is 0.690. The molecule has 0 N–H and O–H groups in total. The third kappa shape index (κ3) is 6.05. The molecule has 1 aliphatic carbocycles. The largest absolute Gasteiger partial charge is 0.494 e. The van der Waals surface area contributed by atoms with Gasteiger partial charge in [-0.2, -0.15) is 0 Å². The van der Waals surface area contributed by atoms with Gasteiger partial charge in [-0.3, -0.25) is 0 Å². The molecule has 0 unspecified atom stereocenters. The van der Waals surface area contributed by atoms with Crippen LogP contribution < -0.4 is 4.74 Å². The first-order valence-electron chi connectivity index (χ1n) is 10.7. The molecule has 3 nitrogen and oxygen atoms in total. The lowest BCUT2D eigenvalue weighted by Crippen LogP contribution is -2.15. The summed E-state index contributed by atoms with van der Waals surface area (Å²) in [5.41, 5.74) is 2.49. The summed E-state index contributed by atoms with van der Waals surface area (Å²) >= 11 is 0. The number of rotatable bonds is 9. The van der Waals surface area contributed by atoms with E-state index < -0.39 is 0 Å². The van der Waals surface area contributed by atoms with Crippen molar-refractivity contribution in [2.75, 3.05) is 7.11 Å². The van der Waals surface area contributed by atoms with E-state index >= 15 is 0 Å². The Morgan fingerprint density at radius 2 is 1.52 bits per heavy atom. The number of hydrogen-bond acceptors (Lipinski definition) is 3. The first-order chi connectivity index (χ1) is 13.3. The summed E-state index contributed by atoms with van der Waals surface area (Å²) in [4.78, 5) is 8.73. The molecular weight excluding hydrogens is 332 g/mol. The fourth-order valence-electron chi connectivity index (χ4n) is 4.25. The second-order valence-electron chi connectivity index (χ2n) is 8.06. The summed E-state index contributed by atoms with van der Waals surface area (Å²) in [6.45, 7) is 2.30. The summed E-state index contributed by atoms with van der Waals surface area (Å²) in [7, 11) is 1.63. The lowest BCUT2D eigenvalue weighted by Gasteiger charge is -2.28. The SMILES string of the molecule is CCCCCC1CCC(CCc2ccc(-c3ncc(OC)cn3)cc2)CC1. The molecule has 1 aromatic carbocycles. The van der Waals surface area contributed by atoms with Crippen molar-refractivity contribution in [3.8, 4) is 17.1 Å². The fourth-order valence-corrected chi connectivity index (χ4v) is 4.25. The van der Waals surface area contributed by atoms with E-state index in [1.54, 1.807) is 19.5 Å². The molecule has 1 fully saturated rings. The molecule has 0 aliphatic heterocycles. The molecule has 1 aliphatic rings. The molecule has 0 radical (unpaired) electrons. The van der Waals surface area contributed by atoms with Gasteiger partial charge in [-0.1, -0.05) is 82.6 Å². The summed E-state index contributed by atoms with van der Waals surface area (Å²) in [6, 6.07) is 8.75. The average Bonchev–Trinajstić information content (AvgIpc) is 2.74. The van der Waals surface area contributed by atoms with Crippen LogP contribution >= 0.6 is 0 Å². The minimum Gasteiger partial charge on any atom is -0.494 e. The predicted octanol–water partition coefficient (Wildman–Crippen LogP) is 6.47. The van der Waals surface area contributed by atoms with Crippen molar-refractivity contribution in [2.45, 2.75) is 71.1 Å². The van der Waals surface area contributed by atoms with Crippen LogP contribution in [0.15, 0.2) is 36.7 Å². The summed E-state index contributed by atoms with van der Waals surface area (Å²) in [6.07, 6.45) is 17.4. The topological polar surface area (TPSA) is 35.0 Å². The van der Waals surface area contributed by atoms with Crippen molar-refractivity contribution in [2.24, 2.45) is 11.8 Å². The van der Waals surface area contributed by atoms with Gasteiger partial charge >= 0.3 is 0 Å². The van der Waals surface area contributed by atoms with Crippen molar-refractivity contribution in [3.63, 3.8) is 0 Å². The van der Waals surface area contributed by atoms with Crippen LogP contribution in [0.25, 0.3) is 11.4 Å². The Morgan fingerprint density at radius 3 is 2.11 bits per heavy atom. The van der Waals surface area contributed by atoms with Gasteiger partial charge in [0.05, 0.1) is 19.5 Å². The monoisotopic (exact) mass is 366 g/mol. The lowest BCUT2D eigenvalue weighted by molar-refractivity contribution is 0.249. The molecule has 1 heterocycles. The quantitative estimate of drug-likeness (QED) is 0.477. The van der Waals surface area contributed by atoms with Crippen LogP contribution in [0.4, 0.5) is 0 Å². The molecule has 3 heteroatoms. The summed E-state index contributed by atoms with van der Waals surface area (Å²) in [5, 5.41) is 0. The number of aromatic nitrogens is 2. The van der Waals surface area contributed by atoms with Crippen LogP contribution in [-0.4, -0.2) is 17.1 Å². The van der Waals surface area contributed by atoms with E-state index in [9.17, 15) is 0 Å². The zero-order valence-corrected chi connectivity index (χ0v) is 17.0. The second-order valence-corrected chi connectivity index (χ2v) is 8.06. The highest BCUT2D eigenvalue weighted by atomic mass is 16.5. The maximum absolute atomic E-state index is 5.12. The van der Waals surface area contributed by atoms with Gasteiger partial charge in [0.25, 0.3) is 0 Å². The van der Waals surface area contributed by atoms with Gasteiger partial charge < -0.3 is 4.74 Å². The Labute approximate surface area is 164 Å². The van der Waals surface area contributed by atoms with Gasteiger partial charge in [0, 0.05) is 5.56 Å². The maximum Gasteiger partial charge on any atom is 0.159 e.